The number of rotatable bonds is 2. The molecule has 104 valence electrons. The lowest BCUT2D eigenvalue weighted by Gasteiger charge is -2.20. The Labute approximate surface area is 125 Å². The van der Waals surface area contributed by atoms with Crippen molar-refractivity contribution in [3.05, 3.63) is 25.9 Å². The van der Waals surface area contributed by atoms with Crippen LogP contribution in [0, 0.1) is 10.5 Å². The molecule has 6 nitrogen and oxygen atoms in total. The summed E-state index contributed by atoms with van der Waals surface area (Å²) < 4.78 is 1.96. The predicted molar refractivity (Wildman–Crippen MR) is 80.0 cm³/mol. The summed E-state index contributed by atoms with van der Waals surface area (Å²) in [5.74, 6) is -0.0211. The van der Waals surface area contributed by atoms with Gasteiger partial charge in [-0.3, -0.25) is 14.2 Å². The van der Waals surface area contributed by atoms with Crippen molar-refractivity contribution >= 4 is 28.5 Å². The van der Waals surface area contributed by atoms with E-state index in [0.29, 0.717) is 15.8 Å². The van der Waals surface area contributed by atoms with Gasteiger partial charge in [0, 0.05) is 19.6 Å². The smallest absolute Gasteiger partial charge is 0.267 e. The summed E-state index contributed by atoms with van der Waals surface area (Å²) in [6.07, 6.45) is 2.40. The van der Waals surface area contributed by atoms with Gasteiger partial charge < -0.3 is 10.2 Å². The zero-order valence-corrected chi connectivity index (χ0v) is 13.0. The van der Waals surface area contributed by atoms with E-state index in [-0.39, 0.29) is 18.0 Å². The van der Waals surface area contributed by atoms with Crippen molar-refractivity contribution in [2.24, 2.45) is 0 Å². The maximum atomic E-state index is 12.2. The number of carbonyl (C=O) groups is 1. The molecule has 0 radical (unpaired) electrons. The average molecular weight is 376 g/mol. The van der Waals surface area contributed by atoms with Crippen LogP contribution in [0.25, 0.3) is 0 Å². The van der Waals surface area contributed by atoms with Crippen LogP contribution in [0.2, 0.25) is 0 Å². The van der Waals surface area contributed by atoms with Crippen LogP contribution in [0.5, 0.6) is 0 Å². The molecule has 0 atom stereocenters. The van der Waals surface area contributed by atoms with E-state index in [2.05, 4.69) is 10.3 Å². The number of amides is 1. The second-order valence-corrected chi connectivity index (χ2v) is 5.64. The highest BCUT2D eigenvalue weighted by Crippen LogP contribution is 2.02. The fraction of sp³-hybridized carbons (Fsp3) is 0.583. The van der Waals surface area contributed by atoms with Gasteiger partial charge in [-0.15, -0.1) is 0 Å². The number of halogens is 1. The molecule has 1 amide bonds. The van der Waals surface area contributed by atoms with E-state index in [1.165, 1.54) is 10.9 Å². The van der Waals surface area contributed by atoms with E-state index in [0.717, 1.165) is 26.1 Å². The van der Waals surface area contributed by atoms with E-state index < -0.39 is 0 Å². The fourth-order valence-electron chi connectivity index (χ4n) is 2.00. The summed E-state index contributed by atoms with van der Waals surface area (Å²) in [6.45, 7) is 5.05. The van der Waals surface area contributed by atoms with Crippen molar-refractivity contribution in [1.29, 1.82) is 0 Å². The summed E-state index contributed by atoms with van der Waals surface area (Å²) >= 11 is 1.97. The van der Waals surface area contributed by atoms with Crippen molar-refractivity contribution < 1.29 is 4.79 Å². The predicted octanol–water partition coefficient (Wildman–Crippen LogP) is -0.0218. The summed E-state index contributed by atoms with van der Waals surface area (Å²) in [6, 6.07) is 0. The highest BCUT2D eigenvalue weighted by molar-refractivity contribution is 14.1. The van der Waals surface area contributed by atoms with E-state index in [1.54, 1.807) is 11.8 Å². The fourth-order valence-corrected chi connectivity index (χ4v) is 2.45. The molecule has 0 aliphatic carbocycles. The number of aryl methyl sites for hydroxylation is 1. The topological polar surface area (TPSA) is 67.2 Å². The lowest BCUT2D eigenvalue weighted by molar-refractivity contribution is -0.131. The zero-order chi connectivity index (χ0) is 13.8. The second kappa shape index (κ2) is 6.47. The molecule has 1 aromatic rings. The molecule has 1 aliphatic rings. The Morgan fingerprint density at radius 2 is 2.26 bits per heavy atom. The van der Waals surface area contributed by atoms with Crippen LogP contribution in [0.15, 0.2) is 11.1 Å². The van der Waals surface area contributed by atoms with Gasteiger partial charge in [-0.1, -0.05) is 0 Å². The van der Waals surface area contributed by atoms with Crippen molar-refractivity contribution in [1.82, 2.24) is 19.8 Å². The molecule has 0 unspecified atom stereocenters. The van der Waals surface area contributed by atoms with Gasteiger partial charge >= 0.3 is 0 Å². The molecule has 1 N–H and O–H groups in total. The Balaban J connectivity index is 2.10. The SMILES string of the molecule is Cc1ncn(CC(=O)N2CCCNCC2)c(=O)c1I. The third-order valence-corrected chi connectivity index (χ3v) is 4.40. The molecule has 1 aromatic heterocycles. The van der Waals surface area contributed by atoms with Crippen molar-refractivity contribution in [3.8, 4) is 0 Å². The summed E-state index contributed by atoms with van der Waals surface area (Å²) in [4.78, 5) is 30.1. The average Bonchev–Trinajstić information content (AvgIpc) is 2.68. The third-order valence-electron chi connectivity index (χ3n) is 3.16. The third kappa shape index (κ3) is 3.53. The van der Waals surface area contributed by atoms with Gasteiger partial charge in [0.15, 0.2) is 0 Å². The van der Waals surface area contributed by atoms with Crippen LogP contribution in [0.4, 0.5) is 0 Å². The monoisotopic (exact) mass is 376 g/mol. The molecule has 7 heteroatoms. The highest BCUT2D eigenvalue weighted by Gasteiger charge is 2.16. The van der Waals surface area contributed by atoms with Crippen LogP contribution in [-0.4, -0.2) is 46.5 Å². The molecule has 1 aliphatic heterocycles. The highest BCUT2D eigenvalue weighted by atomic mass is 127. The summed E-state index contributed by atoms with van der Waals surface area (Å²) in [7, 11) is 0. The van der Waals surface area contributed by atoms with Crippen molar-refractivity contribution in [3.63, 3.8) is 0 Å². The summed E-state index contributed by atoms with van der Waals surface area (Å²) in [5.41, 5.74) is 0.558. The van der Waals surface area contributed by atoms with Crippen LogP contribution in [0.3, 0.4) is 0 Å². The number of carbonyl (C=O) groups excluding carboxylic acids is 1. The van der Waals surface area contributed by atoms with E-state index in [9.17, 15) is 9.59 Å². The molecule has 1 fully saturated rings. The van der Waals surface area contributed by atoms with E-state index in [1.807, 2.05) is 22.6 Å². The standard InChI is InChI=1S/C12H17IN4O2/c1-9-11(13)12(19)17(8-15-9)7-10(18)16-5-2-3-14-4-6-16/h8,14H,2-7H2,1H3. The van der Waals surface area contributed by atoms with Crippen molar-refractivity contribution in [2.45, 2.75) is 19.9 Å². The Kier molecular flexibility index (Phi) is 4.92. The molecular formula is C12H17IN4O2. The van der Waals surface area contributed by atoms with Gasteiger partial charge in [0.25, 0.3) is 5.56 Å². The largest absolute Gasteiger partial charge is 0.340 e. The van der Waals surface area contributed by atoms with Crippen LogP contribution in [-0.2, 0) is 11.3 Å². The van der Waals surface area contributed by atoms with Gasteiger partial charge in [0.05, 0.1) is 15.6 Å². The lowest BCUT2D eigenvalue weighted by atomic mass is 10.3. The van der Waals surface area contributed by atoms with Gasteiger partial charge in [0.2, 0.25) is 5.91 Å². The Hall–Kier alpha value is -0.960. The van der Waals surface area contributed by atoms with E-state index >= 15 is 0 Å². The van der Waals surface area contributed by atoms with Gasteiger partial charge in [-0.05, 0) is 42.5 Å². The molecule has 0 saturated carbocycles. The lowest BCUT2D eigenvalue weighted by Crippen LogP contribution is -2.39. The molecule has 0 bridgehead atoms. The first kappa shape index (κ1) is 14.4. The maximum Gasteiger partial charge on any atom is 0.267 e. The molecule has 0 spiro atoms. The summed E-state index contributed by atoms with van der Waals surface area (Å²) in [5, 5.41) is 3.25. The van der Waals surface area contributed by atoms with Crippen LogP contribution < -0.4 is 10.9 Å². The van der Waals surface area contributed by atoms with Crippen molar-refractivity contribution in [2.75, 3.05) is 26.2 Å². The Bertz CT molecular complexity index is 521. The number of hydrogen-bond acceptors (Lipinski definition) is 4. The zero-order valence-electron chi connectivity index (χ0n) is 10.9. The Morgan fingerprint density at radius 3 is 3.05 bits per heavy atom. The minimum Gasteiger partial charge on any atom is -0.340 e. The molecule has 0 aromatic carbocycles. The normalized spacial score (nSPS) is 16.2. The number of hydrogen-bond donors (Lipinski definition) is 1. The Morgan fingerprint density at radius 1 is 1.47 bits per heavy atom. The minimum atomic E-state index is -0.144. The quantitative estimate of drug-likeness (QED) is 0.737. The number of nitrogens with one attached hydrogen (secondary N) is 1. The maximum absolute atomic E-state index is 12.2. The minimum absolute atomic E-state index is 0.0211. The van der Waals surface area contributed by atoms with Gasteiger partial charge in [0.1, 0.15) is 6.54 Å². The second-order valence-electron chi connectivity index (χ2n) is 4.56. The first-order valence-electron chi connectivity index (χ1n) is 6.29. The van der Waals surface area contributed by atoms with Crippen LogP contribution in [0.1, 0.15) is 12.1 Å². The first-order valence-corrected chi connectivity index (χ1v) is 7.37. The van der Waals surface area contributed by atoms with Crippen LogP contribution >= 0.6 is 22.6 Å². The van der Waals surface area contributed by atoms with Gasteiger partial charge in [-0.2, -0.15) is 0 Å². The van der Waals surface area contributed by atoms with E-state index in [4.69, 9.17) is 0 Å². The molecular weight excluding hydrogens is 359 g/mol. The first-order chi connectivity index (χ1) is 9.09. The van der Waals surface area contributed by atoms with Gasteiger partial charge in [-0.25, -0.2) is 4.98 Å². The number of nitrogens with zero attached hydrogens (tertiary/aromatic N) is 3. The molecule has 19 heavy (non-hydrogen) atoms. The number of aromatic nitrogens is 2. The molecule has 1 saturated heterocycles. The molecule has 2 rings (SSSR count). The molecule has 2 heterocycles.